The first-order chi connectivity index (χ1) is 14.9. The summed E-state index contributed by atoms with van der Waals surface area (Å²) < 4.78 is 37.8. The quantitative estimate of drug-likeness (QED) is 0.567. The first kappa shape index (κ1) is 23.1. The molecule has 8 heteroatoms. The second kappa shape index (κ2) is 10.6. The van der Waals surface area contributed by atoms with Gasteiger partial charge in [0.1, 0.15) is 0 Å². The number of sulfonamides is 1. The molecule has 7 nitrogen and oxygen atoms in total. The number of hydrogen-bond acceptors (Lipinski definition) is 5. The third kappa shape index (κ3) is 6.21. The number of methoxy groups -OCH3 is 2. The fraction of sp³-hybridized carbons (Fsp3) is 0.435. The van der Waals surface area contributed by atoms with Gasteiger partial charge in [0.25, 0.3) is 0 Å². The molecule has 0 radical (unpaired) electrons. The Morgan fingerprint density at radius 1 is 1.06 bits per heavy atom. The zero-order valence-corrected chi connectivity index (χ0v) is 18.9. The van der Waals surface area contributed by atoms with E-state index >= 15 is 0 Å². The van der Waals surface area contributed by atoms with Gasteiger partial charge in [0.15, 0.2) is 11.5 Å². The summed E-state index contributed by atoms with van der Waals surface area (Å²) in [4.78, 5) is 12.0. The maximum absolute atomic E-state index is 12.8. The number of nitrogens with zero attached hydrogens (tertiary/aromatic N) is 1. The molecule has 3 rings (SSSR count). The van der Waals surface area contributed by atoms with E-state index in [0.29, 0.717) is 56.8 Å². The molecular formula is C23H30N2O5S. The van der Waals surface area contributed by atoms with E-state index in [2.05, 4.69) is 5.32 Å². The Kier molecular flexibility index (Phi) is 7.92. The van der Waals surface area contributed by atoms with Gasteiger partial charge < -0.3 is 14.8 Å². The van der Waals surface area contributed by atoms with E-state index in [9.17, 15) is 13.2 Å². The first-order valence-electron chi connectivity index (χ1n) is 10.4. The normalized spacial score (nSPS) is 14.0. The molecule has 0 saturated heterocycles. The average molecular weight is 447 g/mol. The van der Waals surface area contributed by atoms with Crippen LogP contribution >= 0.6 is 0 Å². The van der Waals surface area contributed by atoms with Crippen LogP contribution in [0.25, 0.3) is 0 Å². The first-order valence-corrected chi connectivity index (χ1v) is 12.1. The van der Waals surface area contributed by atoms with Crippen LogP contribution in [0.15, 0.2) is 42.5 Å². The lowest BCUT2D eigenvalue weighted by Crippen LogP contribution is -2.38. The minimum atomic E-state index is -3.40. The Morgan fingerprint density at radius 2 is 1.74 bits per heavy atom. The van der Waals surface area contributed by atoms with Gasteiger partial charge in [0.2, 0.25) is 15.9 Å². The van der Waals surface area contributed by atoms with Crippen LogP contribution in [0, 0.1) is 0 Å². The molecule has 0 bridgehead atoms. The third-order valence-electron chi connectivity index (χ3n) is 5.46. The largest absolute Gasteiger partial charge is 0.493 e. The molecule has 1 N–H and O–H groups in total. The van der Waals surface area contributed by atoms with Crippen molar-refractivity contribution in [2.24, 2.45) is 0 Å². The van der Waals surface area contributed by atoms with Crippen LogP contribution < -0.4 is 14.8 Å². The Bertz CT molecular complexity index is 993. The van der Waals surface area contributed by atoms with Crippen molar-refractivity contribution in [2.75, 3.05) is 33.1 Å². The van der Waals surface area contributed by atoms with Crippen molar-refractivity contribution in [3.63, 3.8) is 0 Å². The summed E-state index contributed by atoms with van der Waals surface area (Å²) >= 11 is 0. The van der Waals surface area contributed by atoms with Crippen molar-refractivity contribution >= 4 is 15.9 Å². The van der Waals surface area contributed by atoms with Crippen molar-refractivity contribution < 1.29 is 22.7 Å². The van der Waals surface area contributed by atoms with Crippen LogP contribution in [0.1, 0.15) is 29.5 Å². The van der Waals surface area contributed by atoms with Gasteiger partial charge in [0.05, 0.1) is 20.0 Å². The number of rotatable bonds is 10. The predicted octanol–water partition coefficient (Wildman–Crippen LogP) is 2.53. The van der Waals surface area contributed by atoms with Crippen LogP contribution in [-0.2, 0) is 34.2 Å². The Balaban J connectivity index is 1.46. The van der Waals surface area contributed by atoms with Gasteiger partial charge in [-0.05, 0) is 48.1 Å². The summed E-state index contributed by atoms with van der Waals surface area (Å²) in [6, 6.07) is 13.6. The van der Waals surface area contributed by atoms with Crippen LogP contribution in [0.3, 0.4) is 0 Å². The van der Waals surface area contributed by atoms with Gasteiger partial charge >= 0.3 is 0 Å². The molecule has 1 amide bonds. The van der Waals surface area contributed by atoms with Gasteiger partial charge in [-0.3, -0.25) is 4.79 Å². The summed E-state index contributed by atoms with van der Waals surface area (Å²) in [5.74, 6) is 1.20. The lowest BCUT2D eigenvalue weighted by atomic mass is 10.0. The minimum Gasteiger partial charge on any atom is -0.493 e. The second-order valence-electron chi connectivity index (χ2n) is 7.56. The zero-order chi connectivity index (χ0) is 22.3. The fourth-order valence-electron chi connectivity index (χ4n) is 3.70. The molecule has 0 spiro atoms. The van der Waals surface area contributed by atoms with E-state index in [4.69, 9.17) is 9.47 Å². The molecule has 0 saturated carbocycles. The smallest absolute Gasteiger partial charge is 0.220 e. The molecule has 1 aliphatic heterocycles. The monoisotopic (exact) mass is 446 g/mol. The van der Waals surface area contributed by atoms with E-state index in [1.165, 1.54) is 4.31 Å². The Labute approximate surface area is 184 Å². The van der Waals surface area contributed by atoms with Gasteiger partial charge in [-0.1, -0.05) is 30.3 Å². The lowest BCUT2D eigenvalue weighted by Gasteiger charge is -2.29. The summed E-state index contributed by atoms with van der Waals surface area (Å²) in [5, 5.41) is 2.82. The number of fused-ring (bicyclic) bond motifs is 1. The third-order valence-corrected chi connectivity index (χ3v) is 7.36. The summed E-state index contributed by atoms with van der Waals surface area (Å²) in [7, 11) is -0.252. The predicted molar refractivity (Wildman–Crippen MR) is 120 cm³/mol. The zero-order valence-electron chi connectivity index (χ0n) is 18.1. The standard InChI is InChI=1S/C23H30N2O5S/c1-29-21-15-19-11-13-25(17-20(19)16-22(21)30-2)31(27,28)14-6-12-24-23(26)10-9-18-7-4-3-5-8-18/h3-5,7-8,15-16H,6,9-14,17H2,1-2H3,(H,24,26). The Hall–Kier alpha value is -2.58. The number of ether oxygens (including phenoxy) is 2. The van der Waals surface area contributed by atoms with E-state index in [1.54, 1.807) is 14.2 Å². The molecule has 1 aliphatic rings. The number of aryl methyl sites for hydroxylation is 1. The van der Waals surface area contributed by atoms with Gasteiger partial charge in [-0.2, -0.15) is 4.31 Å². The van der Waals surface area contributed by atoms with E-state index in [0.717, 1.165) is 16.7 Å². The van der Waals surface area contributed by atoms with Crippen molar-refractivity contribution in [3.8, 4) is 11.5 Å². The van der Waals surface area contributed by atoms with Crippen LogP contribution in [-0.4, -0.2) is 51.7 Å². The molecule has 168 valence electrons. The second-order valence-corrected chi connectivity index (χ2v) is 9.65. The minimum absolute atomic E-state index is 0.00852. The number of carbonyl (C=O) groups excluding carboxylic acids is 1. The lowest BCUT2D eigenvalue weighted by molar-refractivity contribution is -0.121. The molecule has 2 aromatic rings. The average Bonchev–Trinajstić information content (AvgIpc) is 2.79. The molecular weight excluding hydrogens is 416 g/mol. The van der Waals surface area contributed by atoms with Crippen molar-refractivity contribution in [1.82, 2.24) is 9.62 Å². The highest BCUT2D eigenvalue weighted by Crippen LogP contribution is 2.33. The van der Waals surface area contributed by atoms with Crippen molar-refractivity contribution in [3.05, 3.63) is 59.2 Å². The molecule has 0 atom stereocenters. The number of hydrogen-bond donors (Lipinski definition) is 1. The topological polar surface area (TPSA) is 84.9 Å². The van der Waals surface area contributed by atoms with E-state index < -0.39 is 10.0 Å². The molecule has 2 aromatic carbocycles. The van der Waals surface area contributed by atoms with Crippen LogP contribution in [0.5, 0.6) is 11.5 Å². The number of nitrogens with one attached hydrogen (secondary N) is 1. The van der Waals surface area contributed by atoms with Gasteiger partial charge in [0, 0.05) is 26.1 Å². The maximum atomic E-state index is 12.8. The molecule has 0 fully saturated rings. The SMILES string of the molecule is COc1cc2c(cc1OC)CN(S(=O)(=O)CCCNC(=O)CCc1ccccc1)CC2. The van der Waals surface area contributed by atoms with Gasteiger partial charge in [-0.15, -0.1) is 0 Å². The molecule has 31 heavy (non-hydrogen) atoms. The fourth-order valence-corrected chi connectivity index (χ4v) is 5.17. The highest BCUT2D eigenvalue weighted by Gasteiger charge is 2.27. The summed E-state index contributed by atoms with van der Waals surface area (Å²) in [6.45, 7) is 1.11. The number of carbonyl (C=O) groups is 1. The Morgan fingerprint density at radius 3 is 2.42 bits per heavy atom. The van der Waals surface area contributed by atoms with Crippen LogP contribution in [0.4, 0.5) is 0 Å². The van der Waals surface area contributed by atoms with E-state index in [1.807, 2.05) is 42.5 Å². The molecule has 0 aromatic heterocycles. The molecule has 1 heterocycles. The summed E-state index contributed by atoms with van der Waals surface area (Å²) in [6.07, 6.45) is 2.08. The molecule has 0 unspecified atom stereocenters. The van der Waals surface area contributed by atoms with Crippen molar-refractivity contribution in [2.45, 2.75) is 32.2 Å². The summed E-state index contributed by atoms with van der Waals surface area (Å²) in [5.41, 5.74) is 3.12. The maximum Gasteiger partial charge on any atom is 0.220 e. The van der Waals surface area contributed by atoms with Gasteiger partial charge in [-0.25, -0.2) is 8.42 Å². The van der Waals surface area contributed by atoms with Crippen molar-refractivity contribution in [1.29, 1.82) is 0 Å². The van der Waals surface area contributed by atoms with Crippen LogP contribution in [0.2, 0.25) is 0 Å². The molecule has 0 aliphatic carbocycles. The number of amides is 1. The highest BCUT2D eigenvalue weighted by molar-refractivity contribution is 7.89. The number of benzene rings is 2. The van der Waals surface area contributed by atoms with E-state index in [-0.39, 0.29) is 11.7 Å². The highest BCUT2D eigenvalue weighted by atomic mass is 32.2.